The van der Waals surface area contributed by atoms with Gasteiger partial charge in [0.2, 0.25) is 0 Å². The van der Waals surface area contributed by atoms with Gasteiger partial charge in [0.25, 0.3) is 11.9 Å². The molecule has 3 aromatic rings. The number of aromatic nitrogens is 2. The van der Waals surface area contributed by atoms with Crippen molar-refractivity contribution in [3.8, 4) is 11.6 Å². The molecule has 1 atom stereocenters. The second kappa shape index (κ2) is 6.82. The van der Waals surface area contributed by atoms with E-state index in [0.717, 1.165) is 29.8 Å². The van der Waals surface area contributed by atoms with Crippen molar-refractivity contribution in [1.82, 2.24) is 15.1 Å². The molecule has 1 aliphatic rings. The molecule has 0 unspecified atom stereocenters. The van der Waals surface area contributed by atoms with E-state index in [-0.39, 0.29) is 28.9 Å². The van der Waals surface area contributed by atoms with E-state index in [9.17, 15) is 9.18 Å². The van der Waals surface area contributed by atoms with Gasteiger partial charge in [-0.15, -0.1) is 0 Å². The van der Waals surface area contributed by atoms with Crippen molar-refractivity contribution in [2.24, 2.45) is 5.41 Å². The zero-order valence-electron chi connectivity index (χ0n) is 16.0. The van der Waals surface area contributed by atoms with Crippen LogP contribution in [0.2, 0.25) is 0 Å². The Kier molecular flexibility index (Phi) is 4.45. The number of ether oxygens (including phenoxy) is 1. The monoisotopic (exact) mass is 383 g/mol. The number of hydrogen-bond donors (Lipinski definition) is 1. The van der Waals surface area contributed by atoms with Gasteiger partial charge in [-0.05, 0) is 48.6 Å². The molecule has 1 aromatic carbocycles. The SMILES string of the molecule is COc1ccc(C(=O)N[C@@H]2CC(C)(C)Cc3c2cnn3-c2ccc(F)cc2)o1. The molecule has 0 bridgehead atoms. The summed E-state index contributed by atoms with van der Waals surface area (Å²) in [6.07, 6.45) is 3.36. The van der Waals surface area contributed by atoms with E-state index in [1.54, 1.807) is 30.5 Å². The highest BCUT2D eigenvalue weighted by Gasteiger charge is 2.36. The van der Waals surface area contributed by atoms with E-state index in [1.165, 1.54) is 19.2 Å². The molecule has 7 heteroatoms. The maximum Gasteiger partial charge on any atom is 0.287 e. The van der Waals surface area contributed by atoms with Crippen molar-refractivity contribution < 1.29 is 18.3 Å². The highest BCUT2D eigenvalue weighted by molar-refractivity contribution is 5.91. The number of carbonyl (C=O) groups is 1. The Labute approximate surface area is 162 Å². The van der Waals surface area contributed by atoms with Gasteiger partial charge in [-0.1, -0.05) is 13.8 Å². The molecule has 1 aliphatic carbocycles. The minimum absolute atomic E-state index is 0.0381. The van der Waals surface area contributed by atoms with Gasteiger partial charge in [-0.25, -0.2) is 9.07 Å². The lowest BCUT2D eigenvalue weighted by molar-refractivity contribution is 0.0884. The molecule has 0 radical (unpaired) electrons. The van der Waals surface area contributed by atoms with Crippen LogP contribution in [0.25, 0.3) is 5.69 Å². The number of nitrogens with zero attached hydrogens (tertiary/aromatic N) is 2. The zero-order valence-corrected chi connectivity index (χ0v) is 16.0. The molecule has 28 heavy (non-hydrogen) atoms. The van der Waals surface area contributed by atoms with E-state index in [1.807, 2.05) is 4.68 Å². The fourth-order valence-electron chi connectivity index (χ4n) is 3.76. The van der Waals surface area contributed by atoms with Crippen LogP contribution in [-0.4, -0.2) is 22.8 Å². The molecular weight excluding hydrogens is 361 g/mol. The number of halogens is 1. The lowest BCUT2D eigenvalue weighted by atomic mass is 9.74. The Hall–Kier alpha value is -3.09. The first-order valence-electron chi connectivity index (χ1n) is 9.14. The third-order valence-electron chi connectivity index (χ3n) is 5.06. The van der Waals surface area contributed by atoms with E-state index >= 15 is 0 Å². The number of hydrogen-bond acceptors (Lipinski definition) is 4. The Morgan fingerprint density at radius 3 is 2.71 bits per heavy atom. The first kappa shape index (κ1) is 18.3. The molecule has 4 rings (SSSR count). The van der Waals surface area contributed by atoms with Crippen LogP contribution >= 0.6 is 0 Å². The van der Waals surface area contributed by atoms with Crippen LogP contribution in [0.5, 0.6) is 5.95 Å². The van der Waals surface area contributed by atoms with E-state index in [0.29, 0.717) is 5.95 Å². The van der Waals surface area contributed by atoms with E-state index < -0.39 is 0 Å². The van der Waals surface area contributed by atoms with Crippen LogP contribution in [-0.2, 0) is 6.42 Å². The summed E-state index contributed by atoms with van der Waals surface area (Å²) in [4.78, 5) is 12.6. The molecule has 1 amide bonds. The van der Waals surface area contributed by atoms with Crippen LogP contribution in [0.4, 0.5) is 4.39 Å². The van der Waals surface area contributed by atoms with Gasteiger partial charge < -0.3 is 14.5 Å². The zero-order chi connectivity index (χ0) is 19.9. The maximum absolute atomic E-state index is 13.3. The summed E-state index contributed by atoms with van der Waals surface area (Å²) >= 11 is 0. The molecule has 0 saturated carbocycles. The molecule has 0 aliphatic heterocycles. The Balaban J connectivity index is 1.65. The molecule has 2 heterocycles. The minimum Gasteiger partial charge on any atom is -0.468 e. The molecular formula is C21H22FN3O3. The number of amides is 1. The van der Waals surface area contributed by atoms with Crippen LogP contribution in [0, 0.1) is 11.2 Å². The summed E-state index contributed by atoms with van der Waals surface area (Å²) < 4.78 is 25.5. The van der Waals surface area contributed by atoms with Gasteiger partial charge in [-0.3, -0.25) is 4.79 Å². The van der Waals surface area contributed by atoms with Crippen LogP contribution in [0.15, 0.2) is 47.0 Å². The second-order valence-electron chi connectivity index (χ2n) is 7.83. The lowest BCUT2D eigenvalue weighted by Gasteiger charge is -2.35. The highest BCUT2D eigenvalue weighted by atomic mass is 19.1. The van der Waals surface area contributed by atoms with Gasteiger partial charge in [0.15, 0.2) is 5.76 Å². The third kappa shape index (κ3) is 3.40. The third-order valence-corrected chi connectivity index (χ3v) is 5.06. The first-order valence-corrected chi connectivity index (χ1v) is 9.14. The summed E-state index contributed by atoms with van der Waals surface area (Å²) in [6, 6.07) is 9.24. The first-order chi connectivity index (χ1) is 13.4. The van der Waals surface area contributed by atoms with Gasteiger partial charge in [0.05, 0.1) is 30.7 Å². The normalized spacial score (nSPS) is 17.8. The summed E-state index contributed by atoms with van der Waals surface area (Å²) in [5.74, 6) is -0.0951. The van der Waals surface area contributed by atoms with Crippen molar-refractivity contribution in [3.63, 3.8) is 0 Å². The van der Waals surface area contributed by atoms with Crippen LogP contribution < -0.4 is 10.1 Å². The summed E-state index contributed by atoms with van der Waals surface area (Å²) in [6.45, 7) is 4.32. The predicted octanol–water partition coefficient (Wildman–Crippen LogP) is 4.06. The van der Waals surface area contributed by atoms with Crippen molar-refractivity contribution in [2.75, 3.05) is 7.11 Å². The number of furan rings is 1. The van der Waals surface area contributed by atoms with Crippen molar-refractivity contribution in [2.45, 2.75) is 32.7 Å². The second-order valence-corrected chi connectivity index (χ2v) is 7.83. The predicted molar refractivity (Wildman–Crippen MR) is 101 cm³/mol. The van der Waals surface area contributed by atoms with Crippen LogP contribution in [0.3, 0.4) is 0 Å². The fraction of sp³-hybridized carbons (Fsp3) is 0.333. The average Bonchev–Trinajstić information content (AvgIpc) is 3.28. The molecule has 0 fully saturated rings. The summed E-state index contributed by atoms with van der Waals surface area (Å²) in [5, 5.41) is 7.57. The molecule has 1 N–H and O–H groups in total. The highest BCUT2D eigenvalue weighted by Crippen LogP contribution is 2.41. The topological polar surface area (TPSA) is 69.3 Å². The van der Waals surface area contributed by atoms with Crippen molar-refractivity contribution in [3.05, 3.63) is 65.4 Å². The number of nitrogens with one attached hydrogen (secondary N) is 1. The maximum atomic E-state index is 13.3. The average molecular weight is 383 g/mol. The van der Waals surface area contributed by atoms with Crippen LogP contribution in [0.1, 0.15) is 48.1 Å². The number of rotatable bonds is 4. The summed E-state index contributed by atoms with van der Waals surface area (Å²) in [7, 11) is 1.49. The molecule has 146 valence electrons. The smallest absolute Gasteiger partial charge is 0.287 e. The molecule has 0 saturated heterocycles. The molecule has 6 nitrogen and oxygen atoms in total. The number of benzene rings is 1. The standard InChI is InChI=1S/C21H22FN3O3/c1-21(2)10-16(24-20(26)18-8-9-19(27-3)28-18)15-12-23-25(17(15)11-21)14-6-4-13(22)5-7-14/h4-9,12,16H,10-11H2,1-3H3,(H,24,26)/t16-/m1/s1. The van der Waals surface area contributed by atoms with E-state index in [2.05, 4.69) is 24.3 Å². The Morgan fingerprint density at radius 1 is 1.29 bits per heavy atom. The Morgan fingerprint density at radius 2 is 2.04 bits per heavy atom. The van der Waals surface area contributed by atoms with Gasteiger partial charge in [0.1, 0.15) is 5.82 Å². The largest absolute Gasteiger partial charge is 0.468 e. The Bertz CT molecular complexity index is 1000. The number of carbonyl (C=O) groups excluding carboxylic acids is 1. The fourth-order valence-corrected chi connectivity index (χ4v) is 3.76. The van der Waals surface area contributed by atoms with E-state index in [4.69, 9.17) is 9.15 Å². The number of methoxy groups -OCH3 is 1. The summed E-state index contributed by atoms with van der Waals surface area (Å²) in [5.41, 5.74) is 2.74. The minimum atomic E-state index is -0.300. The van der Waals surface area contributed by atoms with Gasteiger partial charge >= 0.3 is 0 Å². The number of fused-ring (bicyclic) bond motifs is 1. The van der Waals surface area contributed by atoms with Crippen molar-refractivity contribution >= 4 is 5.91 Å². The van der Waals surface area contributed by atoms with Gasteiger partial charge in [0, 0.05) is 11.6 Å². The lowest BCUT2D eigenvalue weighted by Crippen LogP contribution is -2.36. The quantitative estimate of drug-likeness (QED) is 0.738. The van der Waals surface area contributed by atoms with Crippen molar-refractivity contribution in [1.29, 1.82) is 0 Å². The molecule has 2 aromatic heterocycles. The molecule has 0 spiro atoms. The van der Waals surface area contributed by atoms with Gasteiger partial charge in [-0.2, -0.15) is 5.10 Å².